The second kappa shape index (κ2) is 6.03. The highest BCUT2D eigenvalue weighted by Gasteiger charge is 2.22. The molecule has 0 aromatic carbocycles. The maximum Gasteiger partial charge on any atom is 0.132 e. The molecule has 2 aliphatic rings. The molecular weight excluding hydrogens is 256 g/mol. The minimum atomic E-state index is -0.165. The summed E-state index contributed by atoms with van der Waals surface area (Å²) in [5.41, 5.74) is 0.998. The van der Waals surface area contributed by atoms with Gasteiger partial charge in [0.1, 0.15) is 11.6 Å². The number of ether oxygens (including phenoxy) is 1. The fraction of sp³-hybridized carbons (Fsp3) is 0.714. The van der Waals surface area contributed by atoms with E-state index in [1.165, 1.54) is 0 Å². The van der Waals surface area contributed by atoms with Crippen molar-refractivity contribution in [1.29, 1.82) is 0 Å². The van der Waals surface area contributed by atoms with Crippen LogP contribution in [0, 0.1) is 6.92 Å². The Morgan fingerprint density at radius 3 is 2.85 bits per heavy atom. The molecule has 2 saturated heterocycles. The molecule has 6 heteroatoms. The minimum absolute atomic E-state index is 0.152. The first-order valence-corrected chi connectivity index (χ1v) is 7.32. The zero-order chi connectivity index (χ0) is 13.9. The first-order valence-electron chi connectivity index (χ1n) is 7.32. The predicted octanol–water partition coefficient (Wildman–Crippen LogP) is 0.407. The number of aryl methyl sites for hydroxylation is 1. The smallest absolute Gasteiger partial charge is 0.132 e. The Labute approximate surface area is 119 Å². The molecule has 0 spiro atoms. The molecule has 0 aliphatic carbocycles. The number of anilines is 1. The number of nitrogens with one attached hydrogen (secondary N) is 1. The van der Waals surface area contributed by atoms with Crippen LogP contribution in [-0.2, 0) is 4.74 Å². The van der Waals surface area contributed by atoms with Crippen molar-refractivity contribution in [1.82, 2.24) is 15.3 Å². The average Bonchev–Trinajstić information content (AvgIpc) is 2.48. The van der Waals surface area contributed by atoms with Crippen LogP contribution < -0.4 is 10.2 Å². The van der Waals surface area contributed by atoms with Crippen LogP contribution in [0.2, 0.25) is 0 Å². The van der Waals surface area contributed by atoms with Crippen molar-refractivity contribution in [3.8, 4) is 0 Å². The van der Waals surface area contributed by atoms with Crippen LogP contribution >= 0.6 is 0 Å². The molecule has 2 aliphatic heterocycles. The van der Waals surface area contributed by atoms with Crippen molar-refractivity contribution in [2.45, 2.75) is 31.9 Å². The number of aliphatic hydroxyl groups is 1. The summed E-state index contributed by atoms with van der Waals surface area (Å²) >= 11 is 0. The number of aromatic nitrogens is 2. The molecule has 110 valence electrons. The first-order chi connectivity index (χ1) is 9.72. The summed E-state index contributed by atoms with van der Waals surface area (Å²) in [6, 6.07) is 2.21. The van der Waals surface area contributed by atoms with Crippen molar-refractivity contribution in [2.75, 3.05) is 37.7 Å². The van der Waals surface area contributed by atoms with E-state index in [4.69, 9.17) is 4.74 Å². The van der Waals surface area contributed by atoms with E-state index in [2.05, 4.69) is 26.3 Å². The number of rotatable bonds is 2. The van der Waals surface area contributed by atoms with E-state index >= 15 is 0 Å². The third-order valence-electron chi connectivity index (χ3n) is 3.91. The number of aliphatic hydroxyl groups excluding tert-OH is 1. The molecule has 20 heavy (non-hydrogen) atoms. The topological polar surface area (TPSA) is 70.5 Å². The van der Waals surface area contributed by atoms with Crippen molar-refractivity contribution in [2.24, 2.45) is 0 Å². The van der Waals surface area contributed by atoms with Gasteiger partial charge in [-0.1, -0.05) is 0 Å². The zero-order valence-electron chi connectivity index (χ0n) is 11.9. The van der Waals surface area contributed by atoms with Crippen LogP contribution in [0.5, 0.6) is 0 Å². The van der Waals surface area contributed by atoms with Gasteiger partial charge in [0.05, 0.1) is 31.1 Å². The lowest BCUT2D eigenvalue weighted by atomic mass is 10.1. The van der Waals surface area contributed by atoms with Crippen LogP contribution in [0.4, 0.5) is 5.82 Å². The Morgan fingerprint density at radius 2 is 2.15 bits per heavy atom. The quantitative estimate of drug-likeness (QED) is 0.816. The van der Waals surface area contributed by atoms with Gasteiger partial charge in [0.2, 0.25) is 0 Å². The molecule has 2 fully saturated rings. The molecule has 0 bridgehead atoms. The van der Waals surface area contributed by atoms with E-state index in [9.17, 15) is 5.11 Å². The van der Waals surface area contributed by atoms with Gasteiger partial charge in [-0.3, -0.25) is 0 Å². The van der Waals surface area contributed by atoms with Gasteiger partial charge in [-0.05, 0) is 19.8 Å². The molecule has 0 unspecified atom stereocenters. The van der Waals surface area contributed by atoms with Crippen LogP contribution in [0.15, 0.2) is 6.07 Å². The van der Waals surface area contributed by atoms with Crippen molar-refractivity contribution in [3.63, 3.8) is 0 Å². The first kappa shape index (κ1) is 13.7. The highest BCUT2D eigenvalue weighted by Crippen LogP contribution is 2.22. The molecule has 0 radical (unpaired) electrons. The van der Waals surface area contributed by atoms with Crippen LogP contribution in [-0.4, -0.2) is 54.0 Å². The maximum absolute atomic E-state index is 9.60. The summed E-state index contributed by atoms with van der Waals surface area (Å²) < 4.78 is 5.51. The maximum atomic E-state index is 9.60. The lowest BCUT2D eigenvalue weighted by molar-refractivity contribution is 0.0755. The largest absolute Gasteiger partial charge is 0.393 e. The number of hydrogen-bond acceptors (Lipinski definition) is 6. The average molecular weight is 278 g/mol. The zero-order valence-corrected chi connectivity index (χ0v) is 11.9. The van der Waals surface area contributed by atoms with Crippen LogP contribution in [0.25, 0.3) is 0 Å². The van der Waals surface area contributed by atoms with E-state index in [-0.39, 0.29) is 12.1 Å². The number of hydrogen-bond donors (Lipinski definition) is 2. The van der Waals surface area contributed by atoms with Crippen LogP contribution in [0.1, 0.15) is 30.4 Å². The Hall–Kier alpha value is -1.24. The van der Waals surface area contributed by atoms with Gasteiger partial charge in [0.15, 0.2) is 0 Å². The molecule has 3 heterocycles. The molecule has 1 aromatic heterocycles. The highest BCUT2D eigenvalue weighted by atomic mass is 16.5. The highest BCUT2D eigenvalue weighted by molar-refractivity contribution is 5.41. The second-order valence-corrected chi connectivity index (χ2v) is 5.50. The van der Waals surface area contributed by atoms with Gasteiger partial charge in [0.25, 0.3) is 0 Å². The van der Waals surface area contributed by atoms with Gasteiger partial charge in [-0.15, -0.1) is 0 Å². The molecule has 1 atom stereocenters. The fourth-order valence-electron chi connectivity index (χ4n) is 2.77. The summed E-state index contributed by atoms with van der Waals surface area (Å²) in [4.78, 5) is 11.3. The third-order valence-corrected chi connectivity index (χ3v) is 3.91. The second-order valence-electron chi connectivity index (χ2n) is 5.50. The molecule has 3 rings (SSSR count). The summed E-state index contributed by atoms with van der Waals surface area (Å²) in [5, 5.41) is 13.0. The van der Waals surface area contributed by atoms with Gasteiger partial charge in [0, 0.05) is 25.7 Å². The lowest BCUT2D eigenvalue weighted by Crippen LogP contribution is -2.37. The van der Waals surface area contributed by atoms with Crippen LogP contribution in [0.3, 0.4) is 0 Å². The van der Waals surface area contributed by atoms with Crippen molar-refractivity contribution in [3.05, 3.63) is 17.6 Å². The lowest BCUT2D eigenvalue weighted by Gasteiger charge is -2.31. The Bertz CT molecular complexity index is 454. The van der Waals surface area contributed by atoms with Crippen molar-refractivity contribution >= 4 is 5.82 Å². The summed E-state index contributed by atoms with van der Waals surface area (Å²) in [7, 11) is 0. The summed E-state index contributed by atoms with van der Waals surface area (Å²) in [5.74, 6) is 1.75. The Kier molecular flexibility index (Phi) is 4.14. The van der Waals surface area contributed by atoms with E-state index < -0.39 is 0 Å². The molecular formula is C14H22N4O2. The fourth-order valence-corrected chi connectivity index (χ4v) is 2.77. The Balaban J connectivity index is 1.79. The van der Waals surface area contributed by atoms with E-state index in [0.29, 0.717) is 6.61 Å². The van der Waals surface area contributed by atoms with Crippen molar-refractivity contribution < 1.29 is 9.84 Å². The minimum Gasteiger partial charge on any atom is -0.393 e. The molecule has 1 aromatic rings. The summed E-state index contributed by atoms with van der Waals surface area (Å²) in [6.07, 6.45) is 1.45. The summed E-state index contributed by atoms with van der Waals surface area (Å²) in [6.45, 7) is 5.91. The van der Waals surface area contributed by atoms with E-state index in [1.54, 1.807) is 0 Å². The monoisotopic (exact) mass is 278 g/mol. The van der Waals surface area contributed by atoms with E-state index in [1.807, 2.05) is 6.92 Å². The van der Waals surface area contributed by atoms with E-state index in [0.717, 1.165) is 56.4 Å². The molecule has 0 amide bonds. The van der Waals surface area contributed by atoms with Gasteiger partial charge in [-0.25, -0.2) is 9.97 Å². The normalized spacial score (nSPS) is 24.9. The third kappa shape index (κ3) is 3.08. The number of morpholine rings is 1. The van der Waals surface area contributed by atoms with Gasteiger partial charge < -0.3 is 20.1 Å². The van der Waals surface area contributed by atoms with Gasteiger partial charge in [-0.2, -0.15) is 0 Å². The molecule has 0 saturated carbocycles. The Morgan fingerprint density at radius 1 is 1.35 bits per heavy atom. The SMILES string of the molecule is Cc1nc([C@@H]2COCCN2)cc(N2CCC(O)CC2)n1. The molecule has 6 nitrogen and oxygen atoms in total. The molecule has 2 N–H and O–H groups in total. The standard InChI is InChI=1S/C14H22N4O2/c1-10-16-12(13-9-20-7-4-15-13)8-14(17-10)18-5-2-11(19)3-6-18/h8,11,13,15,19H,2-7,9H2,1H3/t13-/m0/s1. The number of piperidine rings is 1. The predicted molar refractivity (Wildman–Crippen MR) is 75.8 cm³/mol. The number of nitrogens with zero attached hydrogens (tertiary/aromatic N) is 3. The van der Waals surface area contributed by atoms with Gasteiger partial charge >= 0.3 is 0 Å².